The Bertz CT molecular complexity index is 1040. The van der Waals surface area contributed by atoms with Crippen molar-refractivity contribution in [1.29, 1.82) is 0 Å². The van der Waals surface area contributed by atoms with Crippen molar-refractivity contribution < 1.29 is 37.3 Å². The minimum atomic E-state index is -4.83. The van der Waals surface area contributed by atoms with E-state index in [0.29, 0.717) is 12.1 Å². The Balaban J connectivity index is 2.11. The zero-order valence-electron chi connectivity index (χ0n) is 14.6. The number of ether oxygens (including phenoxy) is 1. The molecule has 0 unspecified atom stereocenters. The molecule has 0 aliphatic rings. The lowest BCUT2D eigenvalue weighted by Crippen LogP contribution is -2.22. The van der Waals surface area contributed by atoms with Gasteiger partial charge in [-0.25, -0.2) is 4.79 Å². The summed E-state index contributed by atoms with van der Waals surface area (Å²) in [5.74, 6) is -2.29. The van der Waals surface area contributed by atoms with E-state index >= 15 is 0 Å². The normalized spacial score (nSPS) is 10.9. The first-order chi connectivity index (χ1) is 13.9. The van der Waals surface area contributed by atoms with Gasteiger partial charge < -0.3 is 15.8 Å². The van der Waals surface area contributed by atoms with Crippen LogP contribution in [0.5, 0.6) is 0 Å². The van der Waals surface area contributed by atoms with Crippen molar-refractivity contribution in [1.82, 2.24) is 0 Å². The Labute approximate surface area is 164 Å². The van der Waals surface area contributed by atoms with Crippen molar-refractivity contribution in [2.24, 2.45) is 0 Å². The summed E-state index contributed by atoms with van der Waals surface area (Å²) in [5, 5.41) is 23.7. The predicted molar refractivity (Wildman–Crippen MR) is 94.5 cm³/mol. The highest BCUT2D eigenvalue weighted by atomic mass is 19.4. The van der Waals surface area contributed by atoms with Gasteiger partial charge in [-0.2, -0.15) is 13.2 Å². The molecule has 14 heteroatoms. The van der Waals surface area contributed by atoms with E-state index in [4.69, 9.17) is 5.73 Å². The van der Waals surface area contributed by atoms with Crippen molar-refractivity contribution >= 4 is 34.6 Å². The highest BCUT2D eigenvalue weighted by Gasteiger charge is 2.33. The molecule has 2 aromatic rings. The summed E-state index contributed by atoms with van der Waals surface area (Å²) < 4.78 is 42.7. The number of non-ortho nitro benzene ring substituents is 1. The Kier molecular flexibility index (Phi) is 6.19. The molecule has 0 saturated heterocycles. The van der Waals surface area contributed by atoms with Crippen LogP contribution in [-0.4, -0.2) is 28.3 Å². The molecule has 11 nitrogen and oxygen atoms in total. The third kappa shape index (κ3) is 5.18. The molecule has 2 rings (SSSR count). The molecule has 0 saturated carbocycles. The number of nitro benzene ring substituents is 2. The molecule has 158 valence electrons. The van der Waals surface area contributed by atoms with Crippen molar-refractivity contribution in [3.63, 3.8) is 0 Å². The summed E-state index contributed by atoms with van der Waals surface area (Å²) in [7, 11) is 0. The van der Waals surface area contributed by atoms with Gasteiger partial charge in [0.2, 0.25) is 0 Å². The van der Waals surface area contributed by atoms with Crippen LogP contribution >= 0.6 is 0 Å². The lowest BCUT2D eigenvalue weighted by atomic mass is 10.1. The number of rotatable bonds is 6. The molecule has 0 spiro atoms. The average Bonchev–Trinajstić information content (AvgIpc) is 2.65. The molecule has 0 bridgehead atoms. The zero-order valence-corrected chi connectivity index (χ0v) is 14.6. The number of benzene rings is 2. The van der Waals surface area contributed by atoms with Crippen LogP contribution in [0.3, 0.4) is 0 Å². The van der Waals surface area contributed by atoms with Crippen molar-refractivity contribution in [2.45, 2.75) is 6.18 Å². The topological polar surface area (TPSA) is 168 Å². The van der Waals surface area contributed by atoms with Crippen LogP contribution < -0.4 is 11.1 Å². The van der Waals surface area contributed by atoms with Crippen LogP contribution in [0, 0.1) is 20.2 Å². The molecule has 0 aliphatic heterocycles. The molecule has 2 aromatic carbocycles. The SMILES string of the molecule is Nc1ccc([N+](=O)[O-])cc1C(=O)OCC(=O)Nc1ccc(C(F)(F)F)cc1[N+](=O)[O-]. The fourth-order valence-corrected chi connectivity index (χ4v) is 2.19. The van der Waals surface area contributed by atoms with Gasteiger partial charge in [0.1, 0.15) is 5.69 Å². The molecule has 0 aliphatic carbocycles. The number of nitrogens with two attached hydrogens (primary N) is 1. The predicted octanol–water partition coefficient (Wildman–Crippen LogP) is 2.90. The second-order valence-corrected chi connectivity index (χ2v) is 5.64. The molecule has 0 aromatic heterocycles. The number of hydrogen-bond donors (Lipinski definition) is 2. The van der Waals surface area contributed by atoms with E-state index in [1.807, 2.05) is 5.32 Å². The summed E-state index contributed by atoms with van der Waals surface area (Å²) >= 11 is 0. The largest absolute Gasteiger partial charge is 0.452 e. The Hall–Kier alpha value is -4.23. The highest BCUT2D eigenvalue weighted by molar-refractivity contribution is 5.99. The van der Waals surface area contributed by atoms with Gasteiger partial charge in [-0.05, 0) is 18.2 Å². The number of nitrogen functional groups attached to an aromatic ring is 1. The zero-order chi connectivity index (χ0) is 22.6. The van der Waals surface area contributed by atoms with Gasteiger partial charge >= 0.3 is 12.1 Å². The monoisotopic (exact) mass is 428 g/mol. The summed E-state index contributed by atoms with van der Waals surface area (Å²) in [6.45, 7) is -0.987. The first-order valence-electron chi connectivity index (χ1n) is 7.76. The second-order valence-electron chi connectivity index (χ2n) is 5.64. The van der Waals surface area contributed by atoms with Gasteiger partial charge in [0, 0.05) is 23.9 Å². The smallest absolute Gasteiger partial charge is 0.416 e. The maximum Gasteiger partial charge on any atom is 0.416 e. The number of nitrogens with zero attached hydrogens (tertiary/aromatic N) is 2. The van der Waals surface area contributed by atoms with Gasteiger partial charge in [-0.3, -0.25) is 25.0 Å². The first-order valence-corrected chi connectivity index (χ1v) is 7.76. The minimum absolute atomic E-state index is 0.163. The number of carbonyl (C=O) groups is 2. The summed E-state index contributed by atoms with van der Waals surface area (Å²) in [4.78, 5) is 43.7. The Morgan fingerprint density at radius 2 is 1.73 bits per heavy atom. The average molecular weight is 428 g/mol. The Morgan fingerprint density at radius 3 is 2.30 bits per heavy atom. The summed E-state index contributed by atoms with van der Waals surface area (Å²) in [6.07, 6.45) is -4.83. The highest BCUT2D eigenvalue weighted by Crippen LogP contribution is 2.35. The number of alkyl halides is 3. The first kappa shape index (κ1) is 22.1. The van der Waals surface area contributed by atoms with Crippen molar-refractivity contribution in [2.75, 3.05) is 17.7 Å². The standard InChI is InChI=1S/C16H11F3N4O7/c17-16(18,19)8-1-4-12(13(5-8)23(28)29)21-14(24)7-30-15(25)10-6-9(22(26)27)2-3-11(10)20/h1-6H,7,20H2,(H,21,24). The number of nitrogens with one attached hydrogen (secondary N) is 1. The number of halogens is 3. The van der Waals surface area contributed by atoms with Crippen LogP contribution in [-0.2, 0) is 15.7 Å². The molecule has 0 atom stereocenters. The Morgan fingerprint density at radius 1 is 1.07 bits per heavy atom. The molecule has 3 N–H and O–H groups in total. The van der Waals surface area contributed by atoms with E-state index in [9.17, 15) is 43.0 Å². The van der Waals surface area contributed by atoms with Crippen LogP contribution in [0.4, 0.5) is 35.9 Å². The summed E-state index contributed by atoms with van der Waals surface area (Å²) in [6, 6.07) is 4.41. The van der Waals surface area contributed by atoms with Gasteiger partial charge in [0.25, 0.3) is 17.3 Å². The molecule has 0 fully saturated rings. The summed E-state index contributed by atoms with van der Waals surface area (Å²) in [5.41, 5.74) is 1.66. The molecule has 30 heavy (non-hydrogen) atoms. The fraction of sp³-hybridized carbons (Fsp3) is 0.125. The maximum absolute atomic E-state index is 12.7. The van der Waals surface area contributed by atoms with E-state index in [0.717, 1.165) is 18.2 Å². The van der Waals surface area contributed by atoms with Gasteiger partial charge in [0.05, 0.1) is 21.0 Å². The van der Waals surface area contributed by atoms with E-state index in [1.165, 1.54) is 0 Å². The van der Waals surface area contributed by atoms with E-state index in [2.05, 4.69) is 4.74 Å². The van der Waals surface area contributed by atoms with Crippen LogP contribution in [0.15, 0.2) is 36.4 Å². The van der Waals surface area contributed by atoms with Crippen LogP contribution in [0.1, 0.15) is 15.9 Å². The van der Waals surface area contributed by atoms with E-state index < -0.39 is 62.7 Å². The number of nitro groups is 2. The van der Waals surface area contributed by atoms with E-state index in [1.54, 1.807) is 0 Å². The van der Waals surface area contributed by atoms with Crippen LogP contribution in [0.25, 0.3) is 0 Å². The fourth-order valence-electron chi connectivity index (χ4n) is 2.19. The number of esters is 1. The number of hydrogen-bond acceptors (Lipinski definition) is 8. The maximum atomic E-state index is 12.7. The lowest BCUT2D eigenvalue weighted by molar-refractivity contribution is -0.384. The third-order valence-electron chi connectivity index (χ3n) is 3.60. The van der Waals surface area contributed by atoms with Crippen LogP contribution in [0.2, 0.25) is 0 Å². The molecular weight excluding hydrogens is 417 g/mol. The van der Waals surface area contributed by atoms with Gasteiger partial charge in [-0.1, -0.05) is 0 Å². The molecule has 1 amide bonds. The lowest BCUT2D eigenvalue weighted by Gasteiger charge is -2.10. The number of anilines is 2. The second kappa shape index (κ2) is 8.42. The van der Waals surface area contributed by atoms with Crippen molar-refractivity contribution in [3.8, 4) is 0 Å². The number of carbonyl (C=O) groups excluding carboxylic acids is 2. The number of amides is 1. The minimum Gasteiger partial charge on any atom is -0.452 e. The quantitative estimate of drug-likeness (QED) is 0.306. The molecular formula is C16H11F3N4O7. The van der Waals surface area contributed by atoms with Gasteiger partial charge in [-0.15, -0.1) is 0 Å². The van der Waals surface area contributed by atoms with Gasteiger partial charge in [0.15, 0.2) is 6.61 Å². The molecule has 0 heterocycles. The third-order valence-corrected chi connectivity index (χ3v) is 3.60. The van der Waals surface area contributed by atoms with Crippen molar-refractivity contribution in [3.05, 3.63) is 67.8 Å². The van der Waals surface area contributed by atoms with E-state index in [-0.39, 0.29) is 11.8 Å². The molecule has 0 radical (unpaired) electrons.